The maximum atomic E-state index is 13.1. The molecule has 1 aromatic carbocycles. The molecule has 0 saturated heterocycles. The highest BCUT2D eigenvalue weighted by Crippen LogP contribution is 2.35. The summed E-state index contributed by atoms with van der Waals surface area (Å²) in [6.07, 6.45) is 3.57. The second-order valence-electron chi connectivity index (χ2n) is 5.30. The fraction of sp³-hybridized carbons (Fsp3) is 0.600. The van der Waals surface area contributed by atoms with Crippen LogP contribution in [0, 0.1) is 17.7 Å². The lowest BCUT2D eigenvalue weighted by Gasteiger charge is -2.21. The van der Waals surface area contributed by atoms with Crippen molar-refractivity contribution in [3.8, 4) is 0 Å². The smallest absolute Gasteiger partial charge is 0.124 e. The van der Waals surface area contributed by atoms with Gasteiger partial charge < -0.3 is 5.32 Å². The van der Waals surface area contributed by atoms with E-state index in [0.29, 0.717) is 17.9 Å². The van der Waals surface area contributed by atoms with E-state index < -0.39 is 0 Å². The third kappa shape index (κ3) is 3.12. The minimum atomic E-state index is -0.171. The lowest BCUT2D eigenvalue weighted by Crippen LogP contribution is -2.32. The van der Waals surface area contributed by atoms with Gasteiger partial charge in [-0.15, -0.1) is 0 Å². The van der Waals surface area contributed by atoms with Gasteiger partial charge in [-0.1, -0.05) is 35.8 Å². The largest absolute Gasteiger partial charge is 0.314 e. The van der Waals surface area contributed by atoms with E-state index in [4.69, 9.17) is 0 Å². The molecule has 1 N–H and O–H groups in total. The summed E-state index contributed by atoms with van der Waals surface area (Å²) in [4.78, 5) is 0. The molecule has 1 fully saturated rings. The van der Waals surface area contributed by atoms with Crippen molar-refractivity contribution in [1.82, 2.24) is 5.32 Å². The average molecular weight is 314 g/mol. The monoisotopic (exact) mass is 313 g/mol. The maximum absolute atomic E-state index is 13.1. The minimum absolute atomic E-state index is 0.171. The summed E-state index contributed by atoms with van der Waals surface area (Å²) in [5.41, 5.74) is 1.23. The fourth-order valence-electron chi connectivity index (χ4n) is 3.06. The highest BCUT2D eigenvalue weighted by Gasteiger charge is 2.32. The molecule has 1 aliphatic rings. The molecule has 3 heteroatoms. The quantitative estimate of drug-likeness (QED) is 0.880. The van der Waals surface area contributed by atoms with Crippen molar-refractivity contribution in [1.29, 1.82) is 0 Å². The van der Waals surface area contributed by atoms with Crippen LogP contribution in [0.5, 0.6) is 0 Å². The van der Waals surface area contributed by atoms with Crippen LogP contribution in [0.25, 0.3) is 0 Å². The molecule has 0 spiro atoms. The van der Waals surface area contributed by atoms with Crippen LogP contribution in [-0.4, -0.2) is 12.6 Å². The predicted molar refractivity (Wildman–Crippen MR) is 77.2 cm³/mol. The Morgan fingerprint density at radius 1 is 1.39 bits per heavy atom. The van der Waals surface area contributed by atoms with E-state index in [-0.39, 0.29) is 5.82 Å². The van der Waals surface area contributed by atoms with Crippen LogP contribution in [0.4, 0.5) is 4.39 Å². The van der Waals surface area contributed by atoms with Crippen molar-refractivity contribution < 1.29 is 4.39 Å². The van der Waals surface area contributed by atoms with Crippen molar-refractivity contribution in [2.75, 3.05) is 6.54 Å². The topological polar surface area (TPSA) is 12.0 Å². The van der Waals surface area contributed by atoms with E-state index in [1.54, 1.807) is 12.1 Å². The molecule has 1 nitrogen and oxygen atoms in total. The second kappa shape index (κ2) is 6.16. The van der Waals surface area contributed by atoms with Crippen LogP contribution in [0.3, 0.4) is 0 Å². The number of benzene rings is 1. The summed E-state index contributed by atoms with van der Waals surface area (Å²) in [6.45, 7) is 5.54. The van der Waals surface area contributed by atoms with Crippen molar-refractivity contribution in [3.05, 3.63) is 34.1 Å². The molecule has 1 saturated carbocycles. The summed E-state index contributed by atoms with van der Waals surface area (Å²) in [6, 6.07) is 5.68. The number of nitrogens with one attached hydrogen (secondary N) is 1. The highest BCUT2D eigenvalue weighted by atomic mass is 79.9. The third-order valence-electron chi connectivity index (χ3n) is 4.19. The third-order valence-corrected chi connectivity index (χ3v) is 4.93. The number of hydrogen-bond acceptors (Lipinski definition) is 1. The standard InChI is InChI=1S/C15H21BrFN/c1-3-18-15-7-5-11(10(15)2)8-12-4-6-13(17)9-14(12)16/h4,6,9-11,15,18H,3,5,7-8H2,1-2H3. The van der Waals surface area contributed by atoms with Gasteiger partial charge in [-0.25, -0.2) is 4.39 Å². The molecular formula is C15H21BrFN. The van der Waals surface area contributed by atoms with Gasteiger partial charge in [0, 0.05) is 10.5 Å². The van der Waals surface area contributed by atoms with Crippen LogP contribution in [0.2, 0.25) is 0 Å². The summed E-state index contributed by atoms with van der Waals surface area (Å²) in [5.74, 6) is 1.23. The molecule has 0 heterocycles. The predicted octanol–water partition coefficient (Wildman–Crippen LogP) is 4.15. The number of rotatable bonds is 4. The van der Waals surface area contributed by atoms with Gasteiger partial charge in [0.25, 0.3) is 0 Å². The van der Waals surface area contributed by atoms with Gasteiger partial charge in [0.15, 0.2) is 0 Å². The van der Waals surface area contributed by atoms with Crippen LogP contribution < -0.4 is 5.32 Å². The van der Waals surface area contributed by atoms with Crippen molar-refractivity contribution in [2.24, 2.45) is 11.8 Å². The van der Waals surface area contributed by atoms with Gasteiger partial charge in [0.05, 0.1) is 0 Å². The van der Waals surface area contributed by atoms with E-state index >= 15 is 0 Å². The molecule has 0 radical (unpaired) electrons. The Balaban J connectivity index is 2.02. The van der Waals surface area contributed by atoms with Crippen LogP contribution >= 0.6 is 15.9 Å². The highest BCUT2D eigenvalue weighted by molar-refractivity contribution is 9.10. The van der Waals surface area contributed by atoms with Gasteiger partial charge in [-0.05, 0) is 55.3 Å². The van der Waals surface area contributed by atoms with Gasteiger partial charge in [0.1, 0.15) is 5.82 Å². The van der Waals surface area contributed by atoms with E-state index in [1.165, 1.54) is 18.4 Å². The summed E-state index contributed by atoms with van der Waals surface area (Å²) < 4.78 is 14.0. The molecule has 1 aliphatic carbocycles. The van der Waals surface area contributed by atoms with Crippen LogP contribution in [0.15, 0.2) is 22.7 Å². The van der Waals surface area contributed by atoms with Crippen LogP contribution in [0.1, 0.15) is 32.3 Å². The molecule has 3 unspecified atom stereocenters. The summed E-state index contributed by atoms with van der Waals surface area (Å²) in [7, 11) is 0. The molecule has 18 heavy (non-hydrogen) atoms. The van der Waals surface area contributed by atoms with E-state index in [1.807, 2.05) is 6.07 Å². The van der Waals surface area contributed by atoms with E-state index in [0.717, 1.165) is 17.4 Å². The Labute approximate surface area is 117 Å². The average Bonchev–Trinajstić information content (AvgIpc) is 2.66. The Bertz CT molecular complexity index is 407. The zero-order valence-corrected chi connectivity index (χ0v) is 12.6. The fourth-order valence-corrected chi connectivity index (χ4v) is 3.57. The normalized spacial score (nSPS) is 27.7. The molecule has 2 rings (SSSR count). The lowest BCUT2D eigenvalue weighted by atomic mass is 9.89. The van der Waals surface area contributed by atoms with Crippen molar-refractivity contribution >= 4 is 15.9 Å². The maximum Gasteiger partial charge on any atom is 0.124 e. The number of hydrogen-bond donors (Lipinski definition) is 1. The van der Waals surface area contributed by atoms with Gasteiger partial charge >= 0.3 is 0 Å². The minimum Gasteiger partial charge on any atom is -0.314 e. The Morgan fingerprint density at radius 3 is 2.83 bits per heavy atom. The van der Waals surface area contributed by atoms with Crippen LogP contribution in [-0.2, 0) is 6.42 Å². The Hall–Kier alpha value is -0.410. The summed E-state index contributed by atoms with van der Waals surface area (Å²) in [5, 5.41) is 3.56. The first-order valence-corrected chi connectivity index (χ1v) is 7.58. The molecule has 1 aromatic rings. The number of halogens is 2. The molecule has 0 aliphatic heterocycles. The van der Waals surface area contributed by atoms with Gasteiger partial charge in [-0.3, -0.25) is 0 Å². The van der Waals surface area contributed by atoms with Crippen molar-refractivity contribution in [3.63, 3.8) is 0 Å². The zero-order valence-electron chi connectivity index (χ0n) is 11.0. The van der Waals surface area contributed by atoms with Gasteiger partial charge in [-0.2, -0.15) is 0 Å². The lowest BCUT2D eigenvalue weighted by molar-refractivity contribution is 0.354. The van der Waals surface area contributed by atoms with Gasteiger partial charge in [0.2, 0.25) is 0 Å². The molecule has 0 bridgehead atoms. The Morgan fingerprint density at radius 2 is 2.17 bits per heavy atom. The Kier molecular flexibility index (Phi) is 4.79. The second-order valence-corrected chi connectivity index (χ2v) is 6.15. The first-order chi connectivity index (χ1) is 8.61. The first kappa shape index (κ1) is 14.0. The SMILES string of the molecule is CCNC1CCC(Cc2ccc(F)cc2Br)C1C. The van der Waals surface area contributed by atoms with E-state index in [2.05, 4.69) is 35.1 Å². The molecule has 0 aromatic heterocycles. The molecule has 0 amide bonds. The molecule has 100 valence electrons. The summed E-state index contributed by atoms with van der Waals surface area (Å²) >= 11 is 3.46. The molecule has 3 atom stereocenters. The first-order valence-electron chi connectivity index (χ1n) is 6.79. The molecular weight excluding hydrogens is 293 g/mol. The van der Waals surface area contributed by atoms with E-state index in [9.17, 15) is 4.39 Å². The van der Waals surface area contributed by atoms with Crippen molar-refractivity contribution in [2.45, 2.75) is 39.2 Å². The zero-order chi connectivity index (χ0) is 13.1.